The van der Waals surface area contributed by atoms with Crippen LogP contribution in [0.5, 0.6) is 0 Å². The van der Waals surface area contributed by atoms with Crippen molar-refractivity contribution in [2.45, 2.75) is 52.9 Å². The van der Waals surface area contributed by atoms with Crippen LogP contribution in [0.15, 0.2) is 58.4 Å². The van der Waals surface area contributed by atoms with Gasteiger partial charge in [0, 0.05) is 32.1 Å². The van der Waals surface area contributed by atoms with E-state index in [1.165, 1.54) is 11.3 Å². The lowest BCUT2D eigenvalue weighted by Crippen LogP contribution is -2.37. The van der Waals surface area contributed by atoms with Crippen LogP contribution in [0.2, 0.25) is 5.02 Å². The van der Waals surface area contributed by atoms with E-state index in [0.717, 1.165) is 10.1 Å². The average Bonchev–Trinajstić information content (AvgIpc) is 3.07. The molecule has 36 heavy (non-hydrogen) atoms. The fourth-order valence-electron chi connectivity index (χ4n) is 4.39. The Hall–Kier alpha value is -2.61. The molecule has 3 rings (SSSR count). The highest BCUT2D eigenvalue weighted by molar-refractivity contribution is 7.21. The third-order valence-electron chi connectivity index (χ3n) is 6.33. The second kappa shape index (κ2) is 12.6. The number of hydrogen-bond donors (Lipinski definition) is 3. The molecule has 0 fully saturated rings. The van der Waals surface area contributed by atoms with Gasteiger partial charge in [0.1, 0.15) is 4.88 Å². The molecule has 0 saturated heterocycles. The number of rotatable bonds is 8. The highest BCUT2D eigenvalue weighted by Gasteiger charge is 2.37. The summed E-state index contributed by atoms with van der Waals surface area (Å²) in [5.74, 6) is -3.27. The van der Waals surface area contributed by atoms with Gasteiger partial charge in [0.2, 0.25) is 0 Å². The number of carboxylic acids is 1. The molecule has 1 aromatic heterocycles. The van der Waals surface area contributed by atoms with Crippen molar-refractivity contribution >= 4 is 62.4 Å². The normalized spacial score (nSPS) is 19.2. The fraction of sp³-hybridized carbons (Fsp3) is 0.370. The molecule has 9 heteroatoms. The lowest BCUT2D eigenvalue weighted by Gasteiger charge is -2.25. The predicted molar refractivity (Wildman–Crippen MR) is 146 cm³/mol. The van der Waals surface area contributed by atoms with Gasteiger partial charge in [0.25, 0.3) is 11.8 Å². The number of amides is 2. The Balaban J connectivity index is 2.04. The highest BCUT2D eigenvalue weighted by Crippen LogP contribution is 2.38. The van der Waals surface area contributed by atoms with Gasteiger partial charge >= 0.3 is 5.97 Å². The summed E-state index contributed by atoms with van der Waals surface area (Å²) in [4.78, 5) is 39.5. The maximum absolute atomic E-state index is 13.4. The minimum atomic E-state index is -1.07. The van der Waals surface area contributed by atoms with Crippen molar-refractivity contribution in [2.75, 3.05) is 0 Å². The summed E-state index contributed by atoms with van der Waals surface area (Å²) in [7, 11) is 0. The monoisotopic (exact) mass is 548 g/mol. The zero-order valence-electron chi connectivity index (χ0n) is 20.5. The van der Waals surface area contributed by atoms with Crippen LogP contribution >= 0.6 is 34.5 Å². The molecule has 2 aromatic rings. The second-order valence-electron chi connectivity index (χ2n) is 8.74. The molecule has 2 amide bonds. The third kappa shape index (κ3) is 6.38. The first-order valence-corrected chi connectivity index (χ1v) is 13.5. The molecule has 192 valence electrons. The van der Waals surface area contributed by atoms with Gasteiger partial charge in [0.15, 0.2) is 0 Å². The zero-order chi connectivity index (χ0) is 26.4. The third-order valence-corrected chi connectivity index (χ3v) is 8.39. The SMILES string of the molecule is CCC(Cl)=CC=C(C)NC(=O)C1=C(NC(=O)c2sc3ccccc3c2Cl)C(C(=O)O)C(CC)CCC1. The summed E-state index contributed by atoms with van der Waals surface area (Å²) < 4.78 is 0.848. The van der Waals surface area contributed by atoms with Crippen LogP contribution in [0.3, 0.4) is 0 Å². The Bertz CT molecular complexity index is 1260. The summed E-state index contributed by atoms with van der Waals surface area (Å²) in [6.45, 7) is 5.57. The van der Waals surface area contributed by atoms with E-state index < -0.39 is 23.7 Å². The molecule has 6 nitrogen and oxygen atoms in total. The van der Waals surface area contributed by atoms with E-state index in [-0.39, 0.29) is 22.1 Å². The smallest absolute Gasteiger partial charge is 0.312 e. The molecular weight excluding hydrogens is 519 g/mol. The molecule has 2 atom stereocenters. The molecule has 0 spiro atoms. The van der Waals surface area contributed by atoms with Gasteiger partial charge in [-0.15, -0.1) is 11.3 Å². The standard InChI is InChI=1S/C27H30Cl2N2O4S/c1-4-16-9-8-11-19(25(32)30-15(3)13-14-17(28)5-2)23(21(16)27(34)35)31-26(33)24-22(29)18-10-6-7-12-20(18)36-24/h6-7,10,12-14,16,21H,4-5,8-9,11H2,1-3H3,(H,30,32)(H,31,33)(H,34,35). The maximum Gasteiger partial charge on any atom is 0.312 e. The van der Waals surface area contributed by atoms with Gasteiger partial charge in [-0.1, -0.05) is 61.7 Å². The van der Waals surface area contributed by atoms with Crippen molar-refractivity contribution in [3.8, 4) is 0 Å². The summed E-state index contributed by atoms with van der Waals surface area (Å²) >= 11 is 13.8. The first-order valence-electron chi connectivity index (χ1n) is 12.0. The van der Waals surface area contributed by atoms with Crippen LogP contribution in [0.1, 0.15) is 62.5 Å². The van der Waals surface area contributed by atoms with Gasteiger partial charge in [-0.05, 0) is 56.7 Å². The van der Waals surface area contributed by atoms with E-state index in [0.29, 0.717) is 47.9 Å². The predicted octanol–water partition coefficient (Wildman–Crippen LogP) is 7.00. The summed E-state index contributed by atoms with van der Waals surface area (Å²) in [5.41, 5.74) is 0.959. The Morgan fingerprint density at radius 3 is 2.53 bits per heavy atom. The number of fused-ring (bicyclic) bond motifs is 1. The topological polar surface area (TPSA) is 95.5 Å². The number of halogens is 2. The van der Waals surface area contributed by atoms with Gasteiger partial charge in [-0.25, -0.2) is 0 Å². The number of carbonyl (C=O) groups is 3. The van der Waals surface area contributed by atoms with Crippen molar-refractivity contribution in [3.05, 3.63) is 68.3 Å². The Labute approximate surface area is 225 Å². The van der Waals surface area contributed by atoms with Crippen molar-refractivity contribution in [2.24, 2.45) is 11.8 Å². The lowest BCUT2D eigenvalue weighted by molar-refractivity contribution is -0.142. The molecule has 0 bridgehead atoms. The molecule has 1 aliphatic carbocycles. The number of benzene rings is 1. The van der Waals surface area contributed by atoms with Crippen LogP contribution in [0.25, 0.3) is 10.1 Å². The minimum absolute atomic E-state index is 0.137. The zero-order valence-corrected chi connectivity index (χ0v) is 22.8. The van der Waals surface area contributed by atoms with Gasteiger partial charge in [0.05, 0.1) is 10.9 Å². The number of carboxylic acid groups (broad SMARTS) is 1. The van der Waals surface area contributed by atoms with E-state index in [9.17, 15) is 19.5 Å². The Morgan fingerprint density at radius 1 is 1.17 bits per heavy atom. The van der Waals surface area contributed by atoms with Crippen molar-refractivity contribution in [3.63, 3.8) is 0 Å². The van der Waals surface area contributed by atoms with Crippen molar-refractivity contribution in [1.82, 2.24) is 10.6 Å². The number of allylic oxidation sites excluding steroid dienone is 4. The summed E-state index contributed by atoms with van der Waals surface area (Å²) in [5, 5.41) is 17.5. The van der Waals surface area contributed by atoms with Crippen LogP contribution < -0.4 is 10.6 Å². The first kappa shape index (κ1) is 28.0. The number of carbonyl (C=O) groups excluding carboxylic acids is 2. The molecular formula is C27H30Cl2N2O4S. The molecule has 1 aliphatic rings. The van der Waals surface area contributed by atoms with Crippen LogP contribution in [0, 0.1) is 11.8 Å². The fourth-order valence-corrected chi connectivity index (χ4v) is 5.86. The average molecular weight is 550 g/mol. The van der Waals surface area contributed by atoms with E-state index in [2.05, 4.69) is 10.6 Å². The van der Waals surface area contributed by atoms with E-state index in [1.807, 2.05) is 38.1 Å². The molecule has 2 unspecified atom stereocenters. The molecule has 0 radical (unpaired) electrons. The maximum atomic E-state index is 13.4. The summed E-state index contributed by atoms with van der Waals surface area (Å²) in [6.07, 6.45) is 6.29. The van der Waals surface area contributed by atoms with Crippen molar-refractivity contribution < 1.29 is 19.5 Å². The molecule has 0 saturated carbocycles. The van der Waals surface area contributed by atoms with Crippen LogP contribution in [-0.2, 0) is 9.59 Å². The number of nitrogens with one attached hydrogen (secondary N) is 2. The van der Waals surface area contributed by atoms with Gasteiger partial charge < -0.3 is 15.7 Å². The lowest BCUT2D eigenvalue weighted by atomic mass is 9.85. The Kier molecular flexibility index (Phi) is 9.77. The van der Waals surface area contributed by atoms with Gasteiger partial charge in [-0.3, -0.25) is 14.4 Å². The largest absolute Gasteiger partial charge is 0.481 e. The van der Waals surface area contributed by atoms with Crippen LogP contribution in [-0.4, -0.2) is 22.9 Å². The summed E-state index contributed by atoms with van der Waals surface area (Å²) in [6, 6.07) is 7.40. The quantitative estimate of drug-likeness (QED) is 0.309. The van der Waals surface area contributed by atoms with Crippen molar-refractivity contribution in [1.29, 1.82) is 0 Å². The molecule has 1 heterocycles. The highest BCUT2D eigenvalue weighted by atomic mass is 35.5. The molecule has 1 aromatic carbocycles. The van der Waals surface area contributed by atoms with E-state index >= 15 is 0 Å². The van der Waals surface area contributed by atoms with E-state index in [4.69, 9.17) is 23.2 Å². The molecule has 0 aliphatic heterocycles. The molecule has 3 N–H and O–H groups in total. The van der Waals surface area contributed by atoms with Gasteiger partial charge in [-0.2, -0.15) is 0 Å². The number of aliphatic carboxylic acids is 1. The first-order chi connectivity index (χ1) is 17.2. The number of thiophene rings is 1. The van der Waals surface area contributed by atoms with Crippen LogP contribution in [0.4, 0.5) is 0 Å². The Morgan fingerprint density at radius 2 is 1.89 bits per heavy atom. The number of hydrogen-bond acceptors (Lipinski definition) is 4. The van der Waals surface area contributed by atoms with E-state index in [1.54, 1.807) is 19.1 Å². The minimum Gasteiger partial charge on any atom is -0.481 e. The second-order valence-corrected chi connectivity index (χ2v) is 10.7.